The minimum Gasteiger partial charge on any atom is -0.394 e. The number of aliphatic hydroxyl groups is 5. The number of hydrogen-bond acceptors (Lipinski definition) is 11. The molecule has 55 heavy (non-hydrogen) atoms. The molecule has 0 aromatic heterocycles. The zero-order chi connectivity index (χ0) is 40.7. The Morgan fingerprint density at radius 3 is 1.45 bits per heavy atom. The first-order chi connectivity index (χ1) is 26.4. The summed E-state index contributed by atoms with van der Waals surface area (Å²) in [5.74, 6) is -0.670. The van der Waals surface area contributed by atoms with Crippen molar-refractivity contribution in [3.63, 3.8) is 0 Å². The van der Waals surface area contributed by atoms with Gasteiger partial charge >= 0.3 is 10.4 Å². The normalized spacial score (nSPS) is 22.1. The quantitative estimate of drug-likeness (QED) is 0.0255. The Balaban J connectivity index is 2.56. The van der Waals surface area contributed by atoms with Crippen molar-refractivity contribution < 1.29 is 57.0 Å². The van der Waals surface area contributed by atoms with E-state index in [4.69, 9.17) is 14.0 Å². The van der Waals surface area contributed by atoms with Crippen LogP contribution in [0.2, 0.25) is 0 Å². The number of carbonyl (C=O) groups is 1. The Bertz CT molecular complexity index is 1020. The van der Waals surface area contributed by atoms with Crippen LogP contribution in [0, 0.1) is 0 Å². The topological polar surface area (TPSA) is 212 Å². The summed E-state index contributed by atoms with van der Waals surface area (Å²) in [6, 6.07) is -1.03. The lowest BCUT2D eigenvalue weighted by atomic mass is 9.99. The van der Waals surface area contributed by atoms with E-state index >= 15 is 0 Å². The van der Waals surface area contributed by atoms with Gasteiger partial charge in [-0.05, 0) is 12.8 Å². The number of unbranched alkanes of at least 4 members (excludes halogenated alkanes) is 24. The highest BCUT2D eigenvalue weighted by Crippen LogP contribution is 2.26. The van der Waals surface area contributed by atoms with Crippen molar-refractivity contribution in [3.8, 4) is 0 Å². The molecule has 0 aliphatic carbocycles. The van der Waals surface area contributed by atoms with Gasteiger partial charge in [0.25, 0.3) is 0 Å². The van der Waals surface area contributed by atoms with E-state index in [0.717, 1.165) is 38.5 Å². The Morgan fingerprint density at radius 1 is 0.655 bits per heavy atom. The van der Waals surface area contributed by atoms with Crippen molar-refractivity contribution in [2.75, 3.05) is 13.2 Å². The first-order valence-corrected chi connectivity index (χ1v) is 23.4. The molecule has 0 radical (unpaired) electrons. The Morgan fingerprint density at radius 2 is 1.05 bits per heavy atom. The van der Waals surface area contributed by atoms with Crippen molar-refractivity contribution >= 4 is 16.3 Å². The van der Waals surface area contributed by atoms with Crippen LogP contribution in [0.1, 0.15) is 194 Å². The van der Waals surface area contributed by atoms with Crippen molar-refractivity contribution in [2.45, 2.75) is 243 Å². The summed E-state index contributed by atoms with van der Waals surface area (Å²) < 4.78 is 47.4. The van der Waals surface area contributed by atoms with E-state index < -0.39 is 78.5 Å². The fraction of sp³-hybridized carbons (Fsp3) is 0.976. The molecular weight excluding hydrogens is 731 g/mol. The van der Waals surface area contributed by atoms with Gasteiger partial charge in [0.2, 0.25) is 5.91 Å². The number of carbonyl (C=O) groups excluding carboxylic acids is 1. The van der Waals surface area contributed by atoms with E-state index in [-0.39, 0.29) is 6.42 Å². The number of aliphatic hydroxyl groups excluding tert-OH is 5. The van der Waals surface area contributed by atoms with Crippen LogP contribution in [-0.2, 0) is 28.9 Å². The monoisotopic (exact) mass is 812 g/mol. The second kappa shape index (κ2) is 33.0. The van der Waals surface area contributed by atoms with Crippen LogP contribution < -0.4 is 5.32 Å². The molecule has 1 heterocycles. The molecule has 0 aromatic rings. The number of ether oxygens (including phenoxy) is 2. The summed E-state index contributed by atoms with van der Waals surface area (Å²) >= 11 is 0. The lowest BCUT2D eigenvalue weighted by Gasteiger charge is -2.41. The smallest absolute Gasteiger partial charge is 0.394 e. The molecule has 328 valence electrons. The Hall–Kier alpha value is -0.940. The SMILES string of the molecule is CCCCCCCCCCCCCCCCCCCC(O)C(COC1OC(CO)C(O)C(OS(=O)(=O)O)C1O)NC(=O)C(O)CCCCCCCCCCC. The highest BCUT2D eigenvalue weighted by molar-refractivity contribution is 7.80. The maximum absolute atomic E-state index is 13.0. The van der Waals surface area contributed by atoms with Gasteiger partial charge in [-0.1, -0.05) is 181 Å². The summed E-state index contributed by atoms with van der Waals surface area (Å²) in [6.07, 6.45) is 20.2. The number of hydrogen-bond donors (Lipinski definition) is 7. The molecule has 0 saturated carbocycles. The van der Waals surface area contributed by atoms with Gasteiger partial charge in [0.1, 0.15) is 30.5 Å². The van der Waals surface area contributed by atoms with Gasteiger partial charge in [0.15, 0.2) is 6.29 Å². The summed E-state index contributed by atoms with van der Waals surface area (Å²) in [4.78, 5) is 13.0. The highest BCUT2D eigenvalue weighted by atomic mass is 32.3. The molecule has 13 nitrogen and oxygen atoms in total. The van der Waals surface area contributed by atoms with Crippen molar-refractivity contribution in [1.29, 1.82) is 0 Å². The third kappa shape index (κ3) is 25.9. The second-order valence-electron chi connectivity index (χ2n) is 15.8. The molecule has 7 N–H and O–H groups in total. The fourth-order valence-electron chi connectivity index (χ4n) is 7.23. The zero-order valence-corrected chi connectivity index (χ0v) is 35.2. The van der Waals surface area contributed by atoms with Gasteiger partial charge in [-0.25, -0.2) is 4.18 Å². The summed E-state index contributed by atoms with van der Waals surface area (Å²) in [5.41, 5.74) is 0. The van der Waals surface area contributed by atoms with Crippen molar-refractivity contribution in [3.05, 3.63) is 0 Å². The standard InChI is InChI=1S/C41H81NO12S/c1-3-5-7-9-11-13-14-15-16-17-18-19-20-22-23-25-27-29-34(44)33(42-40(48)35(45)30-28-26-24-21-12-10-8-6-4-2)32-52-41-38(47)39(54-55(49,50)51)37(46)36(31-43)53-41/h33-39,41,43-47H,3-32H2,1-2H3,(H,42,48)(H,49,50,51). The average Bonchev–Trinajstić information content (AvgIpc) is 3.15. The number of rotatable bonds is 37. The van der Waals surface area contributed by atoms with Crippen LogP contribution >= 0.6 is 0 Å². The van der Waals surface area contributed by atoms with E-state index in [0.29, 0.717) is 19.3 Å². The molecular formula is C41H81NO12S. The molecule has 1 rings (SSSR count). The molecule has 1 saturated heterocycles. The van der Waals surface area contributed by atoms with Gasteiger partial charge in [-0.2, -0.15) is 8.42 Å². The van der Waals surface area contributed by atoms with E-state index in [9.17, 15) is 38.7 Å². The Labute approximate surface area is 333 Å². The molecule has 1 aliphatic rings. The lowest BCUT2D eigenvalue weighted by Crippen LogP contribution is -2.61. The van der Waals surface area contributed by atoms with Crippen molar-refractivity contribution in [2.24, 2.45) is 0 Å². The van der Waals surface area contributed by atoms with Crippen LogP contribution in [0.3, 0.4) is 0 Å². The second-order valence-corrected chi connectivity index (χ2v) is 16.8. The summed E-state index contributed by atoms with van der Waals surface area (Å²) in [5, 5.41) is 55.1. The largest absolute Gasteiger partial charge is 0.397 e. The van der Waals surface area contributed by atoms with E-state index in [1.807, 2.05) is 0 Å². The van der Waals surface area contributed by atoms with Crippen LogP contribution in [0.15, 0.2) is 0 Å². The molecule has 1 amide bonds. The molecule has 8 atom stereocenters. The van der Waals surface area contributed by atoms with Gasteiger partial charge < -0.3 is 40.3 Å². The van der Waals surface area contributed by atoms with Gasteiger partial charge in [0, 0.05) is 0 Å². The molecule has 14 heteroatoms. The maximum atomic E-state index is 13.0. The molecule has 1 fully saturated rings. The summed E-state index contributed by atoms with van der Waals surface area (Å²) in [6.45, 7) is 3.24. The van der Waals surface area contributed by atoms with Crippen LogP contribution in [0.25, 0.3) is 0 Å². The molecule has 1 aliphatic heterocycles. The minimum atomic E-state index is -5.10. The molecule has 0 spiro atoms. The van der Waals surface area contributed by atoms with E-state index in [1.165, 1.54) is 116 Å². The maximum Gasteiger partial charge on any atom is 0.397 e. The first-order valence-electron chi connectivity index (χ1n) is 22.0. The highest BCUT2D eigenvalue weighted by Gasteiger charge is 2.48. The van der Waals surface area contributed by atoms with Crippen molar-refractivity contribution in [1.82, 2.24) is 5.32 Å². The predicted octanol–water partition coefficient (Wildman–Crippen LogP) is 6.80. The van der Waals surface area contributed by atoms with Crippen LogP contribution in [0.5, 0.6) is 0 Å². The number of amides is 1. The van der Waals surface area contributed by atoms with Crippen LogP contribution in [-0.4, -0.2) is 107 Å². The third-order valence-corrected chi connectivity index (χ3v) is 11.2. The molecule has 8 unspecified atom stereocenters. The summed E-state index contributed by atoms with van der Waals surface area (Å²) in [7, 11) is -5.10. The lowest BCUT2D eigenvalue weighted by molar-refractivity contribution is -0.298. The number of nitrogens with one attached hydrogen (secondary N) is 1. The van der Waals surface area contributed by atoms with Gasteiger partial charge in [-0.3, -0.25) is 9.35 Å². The van der Waals surface area contributed by atoms with Crippen LogP contribution in [0.4, 0.5) is 0 Å². The zero-order valence-electron chi connectivity index (χ0n) is 34.4. The van der Waals surface area contributed by atoms with E-state index in [2.05, 4.69) is 23.3 Å². The average molecular weight is 812 g/mol. The minimum absolute atomic E-state index is 0.264. The fourth-order valence-corrected chi connectivity index (χ4v) is 7.74. The molecule has 0 bridgehead atoms. The molecule has 0 aromatic carbocycles. The first kappa shape index (κ1) is 52.1. The predicted molar refractivity (Wildman–Crippen MR) is 215 cm³/mol. The van der Waals surface area contributed by atoms with Gasteiger partial charge in [-0.15, -0.1) is 0 Å². The van der Waals surface area contributed by atoms with Gasteiger partial charge in [0.05, 0.1) is 25.4 Å². The van der Waals surface area contributed by atoms with E-state index in [1.54, 1.807) is 0 Å². The third-order valence-electron chi connectivity index (χ3n) is 10.8. The Kier molecular flexibility index (Phi) is 31.2.